The van der Waals surface area contributed by atoms with Crippen LogP contribution in [0.25, 0.3) is 11.6 Å². The van der Waals surface area contributed by atoms with Crippen LogP contribution < -0.4 is 5.32 Å². The van der Waals surface area contributed by atoms with Gasteiger partial charge in [0.1, 0.15) is 0 Å². The van der Waals surface area contributed by atoms with Crippen molar-refractivity contribution in [1.29, 1.82) is 0 Å². The van der Waals surface area contributed by atoms with Crippen LogP contribution in [0.1, 0.15) is 46.5 Å². The van der Waals surface area contributed by atoms with Crippen LogP contribution in [0.15, 0.2) is 41.3 Å². The number of hydrogen-bond acceptors (Lipinski definition) is 5. The summed E-state index contributed by atoms with van der Waals surface area (Å²) in [6, 6.07) is 9.44. The molecule has 0 spiro atoms. The Morgan fingerprint density at radius 1 is 1.02 bits per heavy atom. The summed E-state index contributed by atoms with van der Waals surface area (Å²) in [7, 11) is -3.82. The van der Waals surface area contributed by atoms with E-state index in [4.69, 9.17) is 23.2 Å². The number of nitrogens with zero attached hydrogens (tertiary/aromatic N) is 2. The van der Waals surface area contributed by atoms with E-state index < -0.39 is 9.84 Å². The summed E-state index contributed by atoms with van der Waals surface area (Å²) in [6.07, 6.45) is 4.68. The van der Waals surface area contributed by atoms with E-state index in [-0.39, 0.29) is 38.9 Å². The number of amides is 2. The van der Waals surface area contributed by atoms with E-state index in [0.29, 0.717) is 28.1 Å². The molecule has 0 unspecified atom stereocenters. The van der Waals surface area contributed by atoms with Gasteiger partial charge in [0.25, 0.3) is 5.91 Å². The van der Waals surface area contributed by atoms with Crippen LogP contribution in [-0.4, -0.2) is 67.7 Å². The maximum absolute atomic E-state index is 13.4. The molecule has 226 valence electrons. The Balaban J connectivity index is 1.22. The summed E-state index contributed by atoms with van der Waals surface area (Å²) < 4.78 is 26.7. The molecule has 3 heterocycles. The number of hydrogen-bond donors (Lipinski definition) is 2. The van der Waals surface area contributed by atoms with Crippen molar-refractivity contribution in [2.24, 2.45) is 5.92 Å². The molecule has 1 aliphatic carbocycles. The highest BCUT2D eigenvalue weighted by molar-refractivity contribution is 7.90. The topological polar surface area (TPSA) is 103 Å². The van der Waals surface area contributed by atoms with Crippen LogP contribution in [0.3, 0.4) is 0 Å². The minimum absolute atomic E-state index is 0.0625. The highest BCUT2D eigenvalue weighted by Crippen LogP contribution is 2.37. The number of aromatic nitrogens is 1. The van der Waals surface area contributed by atoms with Crippen LogP contribution >= 0.6 is 23.2 Å². The molecule has 0 atom stereocenters. The van der Waals surface area contributed by atoms with Crippen molar-refractivity contribution >= 4 is 62.2 Å². The third-order valence-corrected chi connectivity index (χ3v) is 11.1. The van der Waals surface area contributed by atoms with Crippen molar-refractivity contribution in [2.75, 3.05) is 38.0 Å². The number of aryl methyl sites for hydroxylation is 1. The molecule has 1 saturated heterocycles. The van der Waals surface area contributed by atoms with Gasteiger partial charge in [-0.25, -0.2) is 8.42 Å². The van der Waals surface area contributed by atoms with Crippen molar-refractivity contribution in [3.8, 4) is 0 Å². The minimum Gasteiger partial charge on any atom is -0.359 e. The van der Waals surface area contributed by atoms with E-state index >= 15 is 0 Å². The summed E-state index contributed by atoms with van der Waals surface area (Å²) in [5.41, 5.74) is 5.09. The third-order valence-electron chi connectivity index (χ3n) is 8.72. The maximum atomic E-state index is 13.4. The first-order chi connectivity index (χ1) is 20.5. The molecule has 1 aromatic heterocycles. The number of carbonyl (C=O) groups is 2. The number of fused-ring (bicyclic) bond motifs is 1. The van der Waals surface area contributed by atoms with Crippen LogP contribution in [-0.2, 0) is 31.6 Å². The number of piperazine rings is 1. The summed E-state index contributed by atoms with van der Waals surface area (Å²) in [4.78, 5) is 34.1. The Bertz CT molecular complexity index is 1730. The lowest BCUT2D eigenvalue weighted by Crippen LogP contribution is -2.49. The molecular formula is C32H34Cl2N4O4S. The highest BCUT2D eigenvalue weighted by atomic mass is 35.5. The second kappa shape index (κ2) is 11.8. The molecule has 2 aliphatic heterocycles. The molecule has 2 fully saturated rings. The Morgan fingerprint density at radius 3 is 2.40 bits per heavy atom. The molecule has 3 aromatic rings. The number of benzene rings is 2. The standard InChI is InChI=1S/C32H34Cl2N4O4S/c1-19-23(16-31(39)38-12-10-37(11-13-38)17-21-6-7-21)20(2)35-30(19)15-25-24-14-22(8-9-29(24)36-32(25)40)43(41,42)18-26-27(33)4-3-5-28(26)34/h3-5,8-9,14-15,21,35H,6-7,10-13,16-18H2,1-2H3,(H,36,40). The van der Waals surface area contributed by atoms with Gasteiger partial charge in [-0.3, -0.25) is 14.5 Å². The SMILES string of the molecule is Cc1[nH]c(C=C2C(=O)Nc3ccc(S(=O)(=O)Cc4c(Cl)cccc4Cl)cc32)c(C)c1CC(=O)N1CCN(CC2CC2)CC1. The number of anilines is 1. The molecule has 2 N–H and O–H groups in total. The Morgan fingerprint density at radius 2 is 1.72 bits per heavy atom. The molecule has 1 saturated carbocycles. The van der Waals surface area contributed by atoms with Crippen LogP contribution in [0.4, 0.5) is 5.69 Å². The van der Waals surface area contributed by atoms with Crippen molar-refractivity contribution < 1.29 is 18.0 Å². The van der Waals surface area contributed by atoms with Crippen molar-refractivity contribution in [1.82, 2.24) is 14.8 Å². The van der Waals surface area contributed by atoms with Gasteiger partial charge in [0.2, 0.25) is 5.91 Å². The lowest BCUT2D eigenvalue weighted by molar-refractivity contribution is -0.132. The second-order valence-electron chi connectivity index (χ2n) is 11.7. The van der Waals surface area contributed by atoms with Gasteiger partial charge in [-0.05, 0) is 80.1 Å². The Hall–Kier alpha value is -3.11. The first-order valence-electron chi connectivity index (χ1n) is 14.5. The average Bonchev–Trinajstić information content (AvgIpc) is 3.68. The molecular weight excluding hydrogens is 607 g/mol. The molecule has 6 rings (SSSR count). The average molecular weight is 642 g/mol. The molecule has 43 heavy (non-hydrogen) atoms. The first-order valence-corrected chi connectivity index (χ1v) is 16.9. The molecule has 0 radical (unpaired) electrons. The number of carbonyl (C=O) groups excluding carboxylic acids is 2. The van der Waals surface area contributed by atoms with Gasteiger partial charge in [0, 0.05) is 71.0 Å². The van der Waals surface area contributed by atoms with Gasteiger partial charge in [0.05, 0.1) is 22.6 Å². The maximum Gasteiger partial charge on any atom is 0.256 e. The highest BCUT2D eigenvalue weighted by Gasteiger charge is 2.30. The van der Waals surface area contributed by atoms with E-state index in [1.54, 1.807) is 30.3 Å². The first kappa shape index (κ1) is 29.9. The van der Waals surface area contributed by atoms with Crippen LogP contribution in [0.2, 0.25) is 10.0 Å². The number of H-pyrrole nitrogens is 1. The van der Waals surface area contributed by atoms with Crippen molar-refractivity contribution in [3.63, 3.8) is 0 Å². The lowest BCUT2D eigenvalue weighted by Gasteiger charge is -2.35. The molecule has 0 bridgehead atoms. The van der Waals surface area contributed by atoms with Crippen molar-refractivity contribution in [2.45, 2.75) is 43.8 Å². The molecule has 2 amide bonds. The fourth-order valence-corrected chi connectivity index (χ4v) is 8.04. The van der Waals surface area contributed by atoms with Crippen molar-refractivity contribution in [3.05, 3.63) is 80.1 Å². The van der Waals surface area contributed by atoms with Gasteiger partial charge in [-0.2, -0.15) is 0 Å². The summed E-state index contributed by atoms with van der Waals surface area (Å²) >= 11 is 12.5. The number of halogens is 2. The quantitative estimate of drug-likeness (QED) is 0.317. The predicted molar refractivity (Wildman–Crippen MR) is 170 cm³/mol. The van der Waals surface area contributed by atoms with E-state index in [0.717, 1.165) is 55.5 Å². The minimum atomic E-state index is -3.82. The molecule has 8 nitrogen and oxygen atoms in total. The third kappa shape index (κ3) is 6.27. The fraction of sp³-hybridized carbons (Fsp3) is 0.375. The largest absolute Gasteiger partial charge is 0.359 e. The van der Waals surface area contributed by atoms with Gasteiger partial charge < -0.3 is 15.2 Å². The van der Waals surface area contributed by atoms with Gasteiger partial charge in [-0.1, -0.05) is 29.3 Å². The summed E-state index contributed by atoms with van der Waals surface area (Å²) in [5.74, 6) is 0.254. The Kier molecular flexibility index (Phi) is 8.19. The molecule has 2 aromatic carbocycles. The zero-order valence-corrected chi connectivity index (χ0v) is 26.5. The zero-order chi connectivity index (χ0) is 30.5. The van der Waals surface area contributed by atoms with Gasteiger partial charge in [-0.15, -0.1) is 0 Å². The van der Waals surface area contributed by atoms with Crippen LogP contribution in [0.5, 0.6) is 0 Å². The van der Waals surface area contributed by atoms with E-state index in [2.05, 4.69) is 15.2 Å². The predicted octanol–water partition coefficient (Wildman–Crippen LogP) is 5.50. The second-order valence-corrected chi connectivity index (χ2v) is 14.6. The summed E-state index contributed by atoms with van der Waals surface area (Å²) in [6.45, 7) is 8.35. The number of rotatable bonds is 8. The Labute approximate surface area is 262 Å². The molecule has 3 aliphatic rings. The van der Waals surface area contributed by atoms with E-state index in [1.165, 1.54) is 25.0 Å². The summed E-state index contributed by atoms with van der Waals surface area (Å²) in [5, 5.41) is 3.38. The number of sulfone groups is 1. The number of aromatic amines is 1. The smallest absolute Gasteiger partial charge is 0.256 e. The fourth-order valence-electron chi connectivity index (χ4n) is 5.92. The van der Waals surface area contributed by atoms with Gasteiger partial charge in [0.15, 0.2) is 9.84 Å². The van der Waals surface area contributed by atoms with Crippen LogP contribution in [0, 0.1) is 19.8 Å². The number of nitrogens with one attached hydrogen (secondary N) is 2. The monoisotopic (exact) mass is 640 g/mol. The van der Waals surface area contributed by atoms with Gasteiger partial charge >= 0.3 is 0 Å². The molecule has 11 heteroatoms. The normalized spacial score (nSPS) is 18.3. The lowest BCUT2D eigenvalue weighted by atomic mass is 10.0. The zero-order valence-electron chi connectivity index (χ0n) is 24.2. The van der Waals surface area contributed by atoms with E-state index in [1.807, 2.05) is 18.7 Å². The van der Waals surface area contributed by atoms with E-state index in [9.17, 15) is 18.0 Å².